The van der Waals surface area contributed by atoms with Gasteiger partial charge in [-0.15, -0.1) is 0 Å². The number of likely N-dealkylation sites (N-methyl/N-ethyl adjacent to an activating group) is 2. The topological polar surface area (TPSA) is 44.7 Å². The van der Waals surface area contributed by atoms with Gasteiger partial charge in [-0.1, -0.05) is 6.92 Å². The van der Waals surface area contributed by atoms with Crippen molar-refractivity contribution in [2.24, 2.45) is 0 Å². The third-order valence-electron chi connectivity index (χ3n) is 2.32. The molecule has 86 valence electrons. The summed E-state index contributed by atoms with van der Waals surface area (Å²) in [7, 11) is 3.55. The first kappa shape index (κ1) is 13.8. The molecule has 0 radical (unpaired) electrons. The van der Waals surface area contributed by atoms with E-state index in [9.17, 15) is 5.11 Å². The van der Waals surface area contributed by atoms with Crippen molar-refractivity contribution in [3.63, 3.8) is 0 Å². The number of aliphatic hydroxyl groups is 1. The lowest BCUT2D eigenvalue weighted by Gasteiger charge is -2.29. The highest BCUT2D eigenvalue weighted by Gasteiger charge is 2.15. The van der Waals surface area contributed by atoms with Crippen LogP contribution in [0.3, 0.4) is 0 Å². The number of methoxy groups -OCH3 is 1. The second kappa shape index (κ2) is 8.17. The zero-order valence-corrected chi connectivity index (χ0v) is 9.79. The third kappa shape index (κ3) is 5.54. The highest BCUT2D eigenvalue weighted by atomic mass is 16.5. The molecule has 4 heteroatoms. The standard InChI is InChI=1S/C10H24N2O2/c1-5-12(9(2)8-14-4)7-10(13)6-11-3/h9-11,13H,5-8H2,1-4H3. The second-order valence-electron chi connectivity index (χ2n) is 3.60. The van der Waals surface area contributed by atoms with E-state index in [1.807, 2.05) is 7.05 Å². The lowest BCUT2D eigenvalue weighted by molar-refractivity contribution is 0.0591. The van der Waals surface area contributed by atoms with Crippen LogP contribution in [0, 0.1) is 0 Å². The third-order valence-corrected chi connectivity index (χ3v) is 2.32. The molecular weight excluding hydrogens is 180 g/mol. The highest BCUT2D eigenvalue weighted by Crippen LogP contribution is 2.00. The first-order valence-electron chi connectivity index (χ1n) is 5.21. The van der Waals surface area contributed by atoms with Crippen LogP contribution >= 0.6 is 0 Å². The van der Waals surface area contributed by atoms with Crippen LogP contribution in [-0.2, 0) is 4.74 Å². The Morgan fingerprint density at radius 1 is 1.50 bits per heavy atom. The lowest BCUT2D eigenvalue weighted by Crippen LogP contribution is -2.43. The average molecular weight is 204 g/mol. The quantitative estimate of drug-likeness (QED) is 0.581. The molecule has 0 aliphatic rings. The molecule has 0 bridgehead atoms. The minimum atomic E-state index is -0.306. The number of nitrogens with zero attached hydrogens (tertiary/aromatic N) is 1. The number of aliphatic hydroxyl groups excluding tert-OH is 1. The van der Waals surface area contributed by atoms with Crippen molar-refractivity contribution in [1.82, 2.24) is 10.2 Å². The van der Waals surface area contributed by atoms with E-state index in [0.717, 1.165) is 6.54 Å². The number of rotatable bonds is 8. The van der Waals surface area contributed by atoms with Gasteiger partial charge >= 0.3 is 0 Å². The molecule has 0 aromatic rings. The molecule has 0 spiro atoms. The van der Waals surface area contributed by atoms with Crippen molar-refractivity contribution < 1.29 is 9.84 Å². The number of ether oxygens (including phenoxy) is 1. The molecule has 0 heterocycles. The summed E-state index contributed by atoms with van der Waals surface area (Å²) in [6.45, 7) is 7.18. The maximum absolute atomic E-state index is 9.62. The van der Waals surface area contributed by atoms with Crippen molar-refractivity contribution in [3.8, 4) is 0 Å². The largest absolute Gasteiger partial charge is 0.390 e. The van der Waals surface area contributed by atoms with Gasteiger partial charge in [-0.05, 0) is 20.5 Å². The molecular formula is C10H24N2O2. The molecule has 0 saturated heterocycles. The fourth-order valence-corrected chi connectivity index (χ4v) is 1.54. The van der Waals surface area contributed by atoms with E-state index in [4.69, 9.17) is 4.74 Å². The molecule has 14 heavy (non-hydrogen) atoms. The maximum atomic E-state index is 9.62. The van der Waals surface area contributed by atoms with Gasteiger partial charge in [-0.2, -0.15) is 0 Å². The summed E-state index contributed by atoms with van der Waals surface area (Å²) in [6.07, 6.45) is -0.306. The van der Waals surface area contributed by atoms with Gasteiger partial charge in [0, 0.05) is 26.2 Å². The van der Waals surface area contributed by atoms with E-state index >= 15 is 0 Å². The van der Waals surface area contributed by atoms with E-state index < -0.39 is 0 Å². The van der Waals surface area contributed by atoms with E-state index in [1.54, 1.807) is 7.11 Å². The molecule has 0 rings (SSSR count). The van der Waals surface area contributed by atoms with Crippen LogP contribution in [-0.4, -0.2) is 62.6 Å². The van der Waals surface area contributed by atoms with Crippen molar-refractivity contribution in [1.29, 1.82) is 0 Å². The molecule has 0 amide bonds. The van der Waals surface area contributed by atoms with Gasteiger partial charge < -0.3 is 15.2 Å². The van der Waals surface area contributed by atoms with Crippen molar-refractivity contribution in [2.75, 3.05) is 40.4 Å². The van der Waals surface area contributed by atoms with Crippen LogP contribution in [0.2, 0.25) is 0 Å². The summed E-state index contributed by atoms with van der Waals surface area (Å²) < 4.78 is 5.09. The van der Waals surface area contributed by atoms with Crippen LogP contribution in [0.5, 0.6) is 0 Å². The predicted molar refractivity (Wildman–Crippen MR) is 58.5 cm³/mol. The van der Waals surface area contributed by atoms with Gasteiger partial charge in [0.05, 0.1) is 12.7 Å². The van der Waals surface area contributed by atoms with Crippen molar-refractivity contribution in [3.05, 3.63) is 0 Å². The summed E-state index contributed by atoms with van der Waals surface area (Å²) >= 11 is 0. The Balaban J connectivity index is 3.87. The molecule has 0 aliphatic heterocycles. The minimum absolute atomic E-state index is 0.306. The van der Waals surface area contributed by atoms with E-state index in [2.05, 4.69) is 24.1 Å². The highest BCUT2D eigenvalue weighted by molar-refractivity contribution is 4.70. The Labute approximate surface area is 87.2 Å². The number of nitrogens with one attached hydrogen (secondary N) is 1. The Kier molecular flexibility index (Phi) is 8.08. The van der Waals surface area contributed by atoms with E-state index in [1.165, 1.54) is 0 Å². The van der Waals surface area contributed by atoms with Crippen molar-refractivity contribution >= 4 is 0 Å². The SMILES string of the molecule is CCN(CC(O)CNC)C(C)COC. The summed E-state index contributed by atoms with van der Waals surface area (Å²) in [6, 6.07) is 0.358. The van der Waals surface area contributed by atoms with Crippen LogP contribution in [0.25, 0.3) is 0 Å². The van der Waals surface area contributed by atoms with Gasteiger partial charge in [0.25, 0.3) is 0 Å². The van der Waals surface area contributed by atoms with E-state index in [0.29, 0.717) is 25.7 Å². The number of hydrogen-bond acceptors (Lipinski definition) is 4. The van der Waals surface area contributed by atoms with Gasteiger partial charge in [0.1, 0.15) is 0 Å². The monoisotopic (exact) mass is 204 g/mol. The Bertz CT molecular complexity index is 133. The van der Waals surface area contributed by atoms with Gasteiger partial charge in [0.2, 0.25) is 0 Å². The van der Waals surface area contributed by atoms with Gasteiger partial charge in [-0.3, -0.25) is 4.90 Å². The minimum Gasteiger partial charge on any atom is -0.390 e. The molecule has 0 aromatic carbocycles. The Hall–Kier alpha value is -0.160. The van der Waals surface area contributed by atoms with Gasteiger partial charge in [-0.25, -0.2) is 0 Å². The molecule has 2 N–H and O–H groups in total. The molecule has 2 unspecified atom stereocenters. The smallest absolute Gasteiger partial charge is 0.0791 e. The Morgan fingerprint density at radius 2 is 2.14 bits per heavy atom. The second-order valence-corrected chi connectivity index (χ2v) is 3.60. The molecule has 0 aliphatic carbocycles. The summed E-state index contributed by atoms with van der Waals surface area (Å²) in [4.78, 5) is 2.21. The molecule has 2 atom stereocenters. The number of hydrogen-bond donors (Lipinski definition) is 2. The maximum Gasteiger partial charge on any atom is 0.0791 e. The van der Waals surface area contributed by atoms with Crippen molar-refractivity contribution in [2.45, 2.75) is 26.0 Å². The van der Waals surface area contributed by atoms with E-state index in [-0.39, 0.29) is 6.10 Å². The van der Waals surface area contributed by atoms with Crippen LogP contribution in [0.4, 0.5) is 0 Å². The first-order chi connectivity index (χ1) is 6.65. The normalized spacial score (nSPS) is 15.9. The zero-order valence-electron chi connectivity index (χ0n) is 9.79. The van der Waals surface area contributed by atoms with Crippen LogP contribution in [0.1, 0.15) is 13.8 Å². The first-order valence-corrected chi connectivity index (χ1v) is 5.21. The Morgan fingerprint density at radius 3 is 2.57 bits per heavy atom. The zero-order chi connectivity index (χ0) is 11.0. The average Bonchev–Trinajstić information content (AvgIpc) is 2.15. The fourth-order valence-electron chi connectivity index (χ4n) is 1.54. The summed E-state index contributed by atoms with van der Waals surface area (Å²) in [5, 5.41) is 12.6. The van der Waals surface area contributed by atoms with Crippen LogP contribution < -0.4 is 5.32 Å². The predicted octanol–water partition coefficient (Wildman–Crippen LogP) is -0.0765. The molecule has 0 saturated carbocycles. The summed E-state index contributed by atoms with van der Waals surface area (Å²) in [5.74, 6) is 0. The van der Waals surface area contributed by atoms with Crippen LogP contribution in [0.15, 0.2) is 0 Å². The van der Waals surface area contributed by atoms with Gasteiger partial charge in [0.15, 0.2) is 0 Å². The molecule has 0 fully saturated rings. The lowest BCUT2D eigenvalue weighted by atomic mass is 10.2. The molecule has 4 nitrogen and oxygen atoms in total. The molecule has 0 aromatic heterocycles. The fraction of sp³-hybridized carbons (Fsp3) is 1.00. The summed E-state index contributed by atoms with van der Waals surface area (Å²) in [5.41, 5.74) is 0.